The third-order valence-electron chi connectivity index (χ3n) is 3.56. The molecule has 4 nitrogen and oxygen atoms in total. The lowest BCUT2D eigenvalue weighted by Crippen LogP contribution is -2.39. The summed E-state index contributed by atoms with van der Waals surface area (Å²) >= 11 is 0. The van der Waals surface area contributed by atoms with Gasteiger partial charge in [0, 0.05) is 6.61 Å². The second-order valence-corrected chi connectivity index (χ2v) is 4.88. The van der Waals surface area contributed by atoms with Crippen LogP contribution in [0.1, 0.15) is 44.9 Å². The van der Waals surface area contributed by atoms with E-state index in [9.17, 15) is 0 Å². The average molecular weight is 240 g/mol. The fourth-order valence-electron chi connectivity index (χ4n) is 2.51. The molecule has 2 heterocycles. The molecule has 0 bridgehead atoms. The molecule has 0 amide bonds. The summed E-state index contributed by atoms with van der Waals surface area (Å²) < 4.78 is 11.4. The Morgan fingerprint density at radius 3 is 2.94 bits per heavy atom. The molecule has 0 aliphatic carbocycles. The van der Waals surface area contributed by atoms with E-state index in [0.29, 0.717) is 6.10 Å². The predicted octanol–water partition coefficient (Wildman–Crippen LogP) is 1.86. The molecule has 1 fully saturated rings. The fourth-order valence-corrected chi connectivity index (χ4v) is 2.51. The van der Waals surface area contributed by atoms with Gasteiger partial charge in [-0.15, -0.1) is 0 Å². The van der Waals surface area contributed by atoms with E-state index in [0.717, 1.165) is 44.7 Å². The predicted molar refractivity (Wildman–Crippen MR) is 67.2 cm³/mol. The lowest BCUT2D eigenvalue weighted by molar-refractivity contribution is 0.00797. The number of ether oxygens (including phenoxy) is 2. The van der Waals surface area contributed by atoms with Crippen LogP contribution in [-0.2, 0) is 9.47 Å². The van der Waals surface area contributed by atoms with Crippen molar-refractivity contribution in [2.45, 2.75) is 57.1 Å². The van der Waals surface area contributed by atoms with Crippen LogP contribution in [0.4, 0.5) is 0 Å². The van der Waals surface area contributed by atoms with Crippen LogP contribution in [0.15, 0.2) is 11.8 Å². The lowest BCUT2D eigenvalue weighted by atomic mass is 10.00. The third-order valence-corrected chi connectivity index (χ3v) is 3.56. The summed E-state index contributed by atoms with van der Waals surface area (Å²) in [4.78, 5) is 0. The van der Waals surface area contributed by atoms with Crippen molar-refractivity contribution in [1.82, 2.24) is 5.43 Å². The van der Waals surface area contributed by atoms with E-state index in [-0.39, 0.29) is 6.04 Å². The van der Waals surface area contributed by atoms with Crippen LogP contribution >= 0.6 is 0 Å². The first kappa shape index (κ1) is 12.9. The molecule has 2 aliphatic rings. The number of nitrogens with one attached hydrogen (secondary N) is 1. The average Bonchev–Trinajstić information content (AvgIpc) is 2.42. The van der Waals surface area contributed by atoms with E-state index in [1.54, 1.807) is 0 Å². The summed E-state index contributed by atoms with van der Waals surface area (Å²) in [7, 11) is 0. The second-order valence-electron chi connectivity index (χ2n) is 4.88. The van der Waals surface area contributed by atoms with Crippen molar-refractivity contribution in [2.75, 3.05) is 13.2 Å². The molecule has 1 saturated heterocycles. The van der Waals surface area contributed by atoms with Gasteiger partial charge in [0.2, 0.25) is 0 Å². The van der Waals surface area contributed by atoms with Crippen LogP contribution in [-0.4, -0.2) is 25.4 Å². The van der Waals surface area contributed by atoms with Crippen molar-refractivity contribution in [3.63, 3.8) is 0 Å². The Bertz CT molecular complexity index is 250. The molecule has 4 heteroatoms. The maximum Gasteiger partial charge on any atom is 0.110 e. The van der Waals surface area contributed by atoms with E-state index in [1.807, 2.05) is 0 Å². The minimum atomic E-state index is 0.154. The lowest BCUT2D eigenvalue weighted by Gasteiger charge is -2.27. The molecule has 2 atom stereocenters. The molecule has 2 rings (SSSR count). The SMILES string of the molecule is NNC(CCC1CCCCO1)C1=CCCCO1. The third kappa shape index (κ3) is 3.98. The Labute approximate surface area is 104 Å². The number of rotatable bonds is 5. The molecular formula is C13H24N2O2. The maximum absolute atomic E-state index is 5.73. The molecule has 0 radical (unpaired) electrons. The zero-order valence-corrected chi connectivity index (χ0v) is 10.5. The van der Waals surface area contributed by atoms with Crippen molar-refractivity contribution in [3.05, 3.63) is 11.8 Å². The van der Waals surface area contributed by atoms with E-state index in [2.05, 4.69) is 11.5 Å². The molecular weight excluding hydrogens is 216 g/mol. The number of hydrogen-bond donors (Lipinski definition) is 2. The van der Waals surface area contributed by atoms with Crippen molar-refractivity contribution >= 4 is 0 Å². The summed E-state index contributed by atoms with van der Waals surface area (Å²) in [5, 5.41) is 0. The van der Waals surface area contributed by atoms with Gasteiger partial charge < -0.3 is 9.47 Å². The molecule has 0 aromatic carbocycles. The van der Waals surface area contributed by atoms with Gasteiger partial charge in [-0.05, 0) is 51.0 Å². The normalized spacial score (nSPS) is 27.1. The van der Waals surface area contributed by atoms with Gasteiger partial charge >= 0.3 is 0 Å². The Morgan fingerprint density at radius 1 is 1.35 bits per heavy atom. The summed E-state index contributed by atoms with van der Waals surface area (Å²) in [5.41, 5.74) is 2.86. The monoisotopic (exact) mass is 240 g/mol. The highest BCUT2D eigenvalue weighted by atomic mass is 16.5. The number of nitrogens with two attached hydrogens (primary N) is 1. The maximum atomic E-state index is 5.73. The highest BCUT2D eigenvalue weighted by molar-refractivity contribution is 5.05. The van der Waals surface area contributed by atoms with E-state index in [1.165, 1.54) is 19.3 Å². The molecule has 0 aromatic rings. The Hall–Kier alpha value is -0.580. The Balaban J connectivity index is 1.76. The topological polar surface area (TPSA) is 56.5 Å². The van der Waals surface area contributed by atoms with Crippen LogP contribution in [0, 0.1) is 0 Å². The smallest absolute Gasteiger partial charge is 0.110 e. The largest absolute Gasteiger partial charge is 0.497 e. The highest BCUT2D eigenvalue weighted by Crippen LogP contribution is 2.21. The molecule has 2 unspecified atom stereocenters. The summed E-state index contributed by atoms with van der Waals surface area (Å²) in [6, 6.07) is 0.154. The standard InChI is InChI=1S/C13H24N2O2/c14-15-12(13-6-2-4-10-17-13)8-7-11-5-1-3-9-16-11/h6,11-12,15H,1-5,7-10,14H2. The zero-order chi connectivity index (χ0) is 11.9. The first-order chi connectivity index (χ1) is 8.40. The van der Waals surface area contributed by atoms with E-state index in [4.69, 9.17) is 15.3 Å². The van der Waals surface area contributed by atoms with Crippen LogP contribution < -0.4 is 11.3 Å². The van der Waals surface area contributed by atoms with Gasteiger partial charge in [0.25, 0.3) is 0 Å². The van der Waals surface area contributed by atoms with Crippen molar-refractivity contribution in [1.29, 1.82) is 0 Å². The molecule has 0 spiro atoms. The van der Waals surface area contributed by atoms with Gasteiger partial charge in [-0.1, -0.05) is 0 Å². The van der Waals surface area contributed by atoms with Crippen molar-refractivity contribution in [3.8, 4) is 0 Å². The number of hydrazine groups is 1. The molecule has 0 aromatic heterocycles. The minimum Gasteiger partial charge on any atom is -0.497 e. The second kappa shape index (κ2) is 6.99. The first-order valence-corrected chi connectivity index (χ1v) is 6.80. The zero-order valence-electron chi connectivity index (χ0n) is 10.5. The van der Waals surface area contributed by atoms with Crippen molar-refractivity contribution in [2.24, 2.45) is 5.84 Å². The molecule has 2 aliphatic heterocycles. The van der Waals surface area contributed by atoms with Gasteiger partial charge in [0.05, 0.1) is 18.8 Å². The molecule has 98 valence electrons. The van der Waals surface area contributed by atoms with Gasteiger partial charge in [-0.3, -0.25) is 5.84 Å². The minimum absolute atomic E-state index is 0.154. The molecule has 3 N–H and O–H groups in total. The first-order valence-electron chi connectivity index (χ1n) is 6.80. The van der Waals surface area contributed by atoms with Crippen molar-refractivity contribution < 1.29 is 9.47 Å². The summed E-state index contributed by atoms with van der Waals surface area (Å²) in [5.74, 6) is 6.63. The van der Waals surface area contributed by atoms with E-state index < -0.39 is 0 Å². The van der Waals surface area contributed by atoms with Crippen LogP contribution in [0.25, 0.3) is 0 Å². The molecule has 0 saturated carbocycles. The highest BCUT2D eigenvalue weighted by Gasteiger charge is 2.20. The summed E-state index contributed by atoms with van der Waals surface area (Å²) in [6.07, 6.45) is 10.6. The Kier molecular flexibility index (Phi) is 5.29. The van der Waals surface area contributed by atoms with Gasteiger partial charge in [-0.2, -0.15) is 0 Å². The van der Waals surface area contributed by atoms with E-state index >= 15 is 0 Å². The fraction of sp³-hybridized carbons (Fsp3) is 0.846. The van der Waals surface area contributed by atoms with Gasteiger partial charge in [0.1, 0.15) is 5.76 Å². The quantitative estimate of drug-likeness (QED) is 0.569. The van der Waals surface area contributed by atoms with Gasteiger partial charge in [-0.25, -0.2) is 5.43 Å². The van der Waals surface area contributed by atoms with Crippen LogP contribution in [0.5, 0.6) is 0 Å². The molecule has 17 heavy (non-hydrogen) atoms. The van der Waals surface area contributed by atoms with Crippen LogP contribution in [0.2, 0.25) is 0 Å². The number of allylic oxidation sites excluding steroid dienone is 1. The number of hydrogen-bond acceptors (Lipinski definition) is 4. The van der Waals surface area contributed by atoms with Crippen LogP contribution in [0.3, 0.4) is 0 Å². The summed E-state index contributed by atoms with van der Waals surface area (Å²) in [6.45, 7) is 1.74. The Morgan fingerprint density at radius 2 is 2.29 bits per heavy atom. The van der Waals surface area contributed by atoms with Gasteiger partial charge in [0.15, 0.2) is 0 Å².